The van der Waals surface area contributed by atoms with E-state index < -0.39 is 0 Å². The first-order valence-corrected chi connectivity index (χ1v) is 40.6. The van der Waals surface area contributed by atoms with Gasteiger partial charge in [-0.3, -0.25) is 0 Å². The van der Waals surface area contributed by atoms with Gasteiger partial charge in [0.05, 0.1) is 0 Å². The molecule has 0 unspecified atom stereocenters. The van der Waals surface area contributed by atoms with Crippen LogP contribution in [-0.2, 0) is 25.7 Å². The van der Waals surface area contributed by atoms with Crippen molar-refractivity contribution in [1.82, 2.24) is 0 Å². The van der Waals surface area contributed by atoms with E-state index >= 15 is 0 Å². The lowest BCUT2D eigenvalue weighted by atomic mass is 9.72. The molecule has 0 saturated carbocycles. The third-order valence-corrected chi connectivity index (χ3v) is 23.9. The lowest BCUT2D eigenvalue weighted by Crippen LogP contribution is -2.02. The first-order chi connectivity index (χ1) is 45.4. The number of hydrogen-bond acceptors (Lipinski definition) is 0. The van der Waals surface area contributed by atoms with Crippen LogP contribution in [0.1, 0.15) is 307 Å². The molecule has 0 fully saturated rings. The molecule has 0 amide bonds. The molecule has 0 saturated heterocycles. The molecule has 486 valence electrons. The largest absolute Gasteiger partial charge is 0.0654 e. The van der Waals surface area contributed by atoms with Crippen molar-refractivity contribution < 1.29 is 0 Å². The van der Waals surface area contributed by atoms with E-state index in [2.05, 4.69) is 132 Å². The fourth-order valence-corrected chi connectivity index (χ4v) is 19.2. The summed E-state index contributed by atoms with van der Waals surface area (Å²) in [5.74, 6) is 0. The molecule has 13 aromatic carbocycles. The minimum absolute atomic E-state index is 1.14. The van der Waals surface area contributed by atoms with Gasteiger partial charge in [-0.25, -0.2) is 0 Å². The van der Waals surface area contributed by atoms with Crippen LogP contribution in [0.25, 0.3) is 129 Å². The van der Waals surface area contributed by atoms with Gasteiger partial charge in [-0.1, -0.05) is 339 Å². The molecular formula is C90H112Br2. The summed E-state index contributed by atoms with van der Waals surface area (Å²) in [5, 5.41) is 35.9. The topological polar surface area (TPSA) is 0 Å². The van der Waals surface area contributed by atoms with Crippen LogP contribution in [0, 0.1) is 0 Å². The molecule has 0 heterocycles. The third kappa shape index (κ3) is 13.6. The van der Waals surface area contributed by atoms with Crippen molar-refractivity contribution in [3.05, 3.63) is 104 Å². The van der Waals surface area contributed by atoms with Gasteiger partial charge in [0.15, 0.2) is 0 Å². The number of hydrogen-bond donors (Lipinski definition) is 0. The van der Waals surface area contributed by atoms with Crippen LogP contribution in [0.15, 0.2) is 81.7 Å². The number of rotatable bonds is 44. The summed E-state index contributed by atoms with van der Waals surface area (Å²) < 4.78 is 2.36. The van der Waals surface area contributed by atoms with E-state index in [0.29, 0.717) is 0 Å². The van der Waals surface area contributed by atoms with Crippen LogP contribution >= 0.6 is 31.9 Å². The zero-order valence-electron chi connectivity index (χ0n) is 57.8. The van der Waals surface area contributed by atoms with E-state index in [1.54, 1.807) is 32.7 Å². The molecule has 0 N–H and O–H groups in total. The van der Waals surface area contributed by atoms with Crippen LogP contribution in [0.4, 0.5) is 0 Å². The Hall–Kier alpha value is -4.50. The summed E-state index contributed by atoms with van der Waals surface area (Å²) in [4.78, 5) is 0. The highest BCUT2D eigenvalue weighted by molar-refractivity contribution is 9.10. The van der Waals surface area contributed by atoms with E-state index in [4.69, 9.17) is 0 Å². The third-order valence-electron chi connectivity index (χ3n) is 23.0. The van der Waals surface area contributed by atoms with Gasteiger partial charge in [0, 0.05) is 8.95 Å². The average molecular weight is 1350 g/mol. The summed E-state index contributed by atoms with van der Waals surface area (Å²) in [7, 11) is 0. The smallest absolute Gasteiger partial charge is 0.0188 e. The lowest BCUT2D eigenvalue weighted by Gasteiger charge is -2.30. The van der Waals surface area contributed by atoms with E-state index in [9.17, 15) is 0 Å². The van der Waals surface area contributed by atoms with Gasteiger partial charge in [-0.05, 0) is 227 Å². The first-order valence-electron chi connectivity index (χ1n) is 39.0. The number of aryl methyl sites for hydroxylation is 4. The fraction of sp³-hybridized carbons (Fsp3) is 0.533. The summed E-state index contributed by atoms with van der Waals surface area (Å²) in [6.07, 6.45) is 59.3. The summed E-state index contributed by atoms with van der Waals surface area (Å²) in [5.41, 5.74) is 6.15. The Morgan fingerprint density at radius 1 is 0.163 bits per heavy atom. The Bertz CT molecular complexity index is 4160. The average Bonchev–Trinajstić information content (AvgIpc) is 0.648. The Morgan fingerprint density at radius 3 is 0.446 bits per heavy atom. The Labute approximate surface area is 571 Å². The number of benzene rings is 13. The van der Waals surface area contributed by atoms with Crippen molar-refractivity contribution in [1.29, 1.82) is 0 Å². The number of fused-ring (bicyclic) bond motifs is 6. The van der Waals surface area contributed by atoms with Gasteiger partial charge >= 0.3 is 0 Å². The maximum Gasteiger partial charge on any atom is 0.0188 e. The quantitative estimate of drug-likeness (QED) is 0.0203. The molecule has 13 aromatic rings. The van der Waals surface area contributed by atoms with Gasteiger partial charge in [0.2, 0.25) is 0 Å². The lowest BCUT2D eigenvalue weighted by molar-refractivity contribution is 0.556. The molecule has 0 bridgehead atoms. The molecule has 0 nitrogen and oxygen atoms in total. The molecule has 0 aliphatic heterocycles. The molecule has 0 spiro atoms. The normalized spacial score (nSPS) is 12.8. The van der Waals surface area contributed by atoms with Crippen molar-refractivity contribution in [2.45, 2.75) is 310 Å². The SMILES string of the molecule is CCCCCCCCCCCCc1cc2c3cc(Br)cc4c5cc(Br)cc6c7cc(CCCCCCCCCCCC)cc8c9cc(CCCCCCCCCCCC)cc%10c%11cc(CCCCCCCCCCCC)cc%12c(c1)c2c1c(c43)c(c56)c(c78)c(c9%10)c1c%12%11. The maximum atomic E-state index is 4.24. The second kappa shape index (κ2) is 31.6. The number of halogens is 2. The zero-order chi connectivity index (χ0) is 62.9. The van der Waals surface area contributed by atoms with Crippen molar-refractivity contribution >= 4 is 161 Å². The Balaban J connectivity index is 0.999. The van der Waals surface area contributed by atoms with Crippen molar-refractivity contribution in [2.24, 2.45) is 0 Å². The molecule has 0 radical (unpaired) electrons. The Morgan fingerprint density at radius 2 is 0.293 bits per heavy atom. The van der Waals surface area contributed by atoms with Gasteiger partial charge in [-0.2, -0.15) is 0 Å². The highest BCUT2D eigenvalue weighted by atomic mass is 79.9. The van der Waals surface area contributed by atoms with Gasteiger partial charge < -0.3 is 0 Å². The van der Waals surface area contributed by atoms with Crippen molar-refractivity contribution in [3.8, 4) is 0 Å². The molecule has 0 aliphatic rings. The molecule has 13 rings (SSSR count). The highest BCUT2D eigenvalue weighted by Gasteiger charge is 2.33. The van der Waals surface area contributed by atoms with E-state index in [1.807, 2.05) is 0 Å². The Kier molecular flexibility index (Phi) is 22.7. The standard InChI is InChI=1S/C90H112Br2/c1-5-9-13-17-21-25-29-33-37-41-45-61-49-67-68-50-62(46-42-38-34-30-26-22-18-14-10-6-2)52-70-72-54-64(48-44-40-36-32-28-24-20-16-12-8-4)56-74-76-58-66(92)60-78-77-59-65(91)57-75-73-55-63(47-43-39-35-31-27-23-19-15-11-7-3)53-71-69(51-61)79(67)85-86(80(68)70)88(82(72)74)90(84(76)78)89(83(75)77)87(85)81(71)73/h49-60H,5-48H2,1-4H3. The van der Waals surface area contributed by atoms with Crippen molar-refractivity contribution in [2.75, 3.05) is 0 Å². The predicted molar refractivity (Wildman–Crippen MR) is 421 cm³/mol. The minimum Gasteiger partial charge on any atom is -0.0654 e. The maximum absolute atomic E-state index is 4.24. The minimum atomic E-state index is 1.14. The molecular weight excluding hydrogens is 1240 g/mol. The molecule has 0 aliphatic carbocycles. The summed E-state index contributed by atoms with van der Waals surface area (Å²) in [6, 6.07) is 31.9. The second-order valence-electron chi connectivity index (χ2n) is 30.0. The monoisotopic (exact) mass is 1350 g/mol. The van der Waals surface area contributed by atoms with E-state index in [0.717, 1.165) is 25.7 Å². The summed E-state index contributed by atoms with van der Waals surface area (Å²) in [6.45, 7) is 9.34. The van der Waals surface area contributed by atoms with E-state index in [1.165, 1.54) is 385 Å². The molecule has 0 aromatic heterocycles. The van der Waals surface area contributed by atoms with Crippen molar-refractivity contribution in [3.63, 3.8) is 0 Å². The zero-order valence-corrected chi connectivity index (χ0v) is 61.0. The van der Waals surface area contributed by atoms with Gasteiger partial charge in [0.1, 0.15) is 0 Å². The van der Waals surface area contributed by atoms with Crippen LogP contribution < -0.4 is 0 Å². The summed E-state index contributed by atoms with van der Waals surface area (Å²) >= 11 is 8.47. The van der Waals surface area contributed by atoms with Crippen LogP contribution in [-0.4, -0.2) is 0 Å². The molecule has 2 heteroatoms. The first kappa shape index (κ1) is 66.1. The van der Waals surface area contributed by atoms with Crippen LogP contribution in [0.3, 0.4) is 0 Å². The van der Waals surface area contributed by atoms with Gasteiger partial charge in [0.25, 0.3) is 0 Å². The molecule has 92 heavy (non-hydrogen) atoms. The fourth-order valence-electron chi connectivity index (χ4n) is 18.3. The number of unbranched alkanes of at least 4 members (excludes halogenated alkanes) is 36. The van der Waals surface area contributed by atoms with E-state index in [-0.39, 0.29) is 0 Å². The predicted octanol–water partition coefficient (Wildman–Crippen LogP) is 31.5. The van der Waals surface area contributed by atoms with Gasteiger partial charge in [-0.15, -0.1) is 0 Å². The van der Waals surface area contributed by atoms with Crippen LogP contribution in [0.2, 0.25) is 0 Å². The highest BCUT2D eigenvalue weighted by Crippen LogP contribution is 2.61. The molecule has 0 atom stereocenters. The van der Waals surface area contributed by atoms with Crippen LogP contribution in [0.5, 0.6) is 0 Å². The second-order valence-corrected chi connectivity index (χ2v) is 31.8.